The third-order valence-electron chi connectivity index (χ3n) is 7.39. The molecule has 0 heterocycles. The van der Waals surface area contributed by atoms with E-state index in [1.165, 1.54) is 112 Å². The first-order valence-corrected chi connectivity index (χ1v) is 13.8. The van der Waals surface area contributed by atoms with Gasteiger partial charge >= 0.3 is 0 Å². The van der Waals surface area contributed by atoms with E-state index in [0.717, 1.165) is 10.0 Å². The molecular weight excluding hydrogens is 454 g/mol. The molecule has 1 aliphatic rings. The second-order valence-electron chi connectivity index (χ2n) is 9.62. The predicted molar refractivity (Wildman–Crippen MR) is 141 cm³/mol. The fraction of sp³-hybridized carbons (Fsp3) is 0.567. The highest BCUT2D eigenvalue weighted by Gasteiger charge is 2.43. The lowest BCUT2D eigenvalue weighted by Crippen LogP contribution is -2.26. The van der Waals surface area contributed by atoms with Crippen molar-refractivity contribution in [2.75, 3.05) is 0 Å². The number of hydrogen-bond donors (Lipinski definition) is 0. The number of hydrogen-bond acceptors (Lipinski definition) is 1. The maximum Gasteiger partial charge on any atom is 0.100 e. The van der Waals surface area contributed by atoms with E-state index in [0.29, 0.717) is 0 Å². The zero-order valence-corrected chi connectivity index (χ0v) is 21.8. The van der Waals surface area contributed by atoms with Gasteiger partial charge in [-0.3, -0.25) is 0 Å². The molecule has 0 aromatic heterocycles. The smallest absolute Gasteiger partial charge is 0.100 e. The van der Waals surface area contributed by atoms with Crippen LogP contribution >= 0.6 is 15.9 Å². The van der Waals surface area contributed by atoms with Crippen molar-refractivity contribution < 1.29 is 0 Å². The van der Waals surface area contributed by atoms with Gasteiger partial charge in [0.1, 0.15) is 6.07 Å². The molecule has 0 atom stereocenters. The van der Waals surface area contributed by atoms with Crippen LogP contribution in [0.3, 0.4) is 0 Å². The average molecular weight is 495 g/mol. The highest BCUT2D eigenvalue weighted by atomic mass is 79.9. The van der Waals surface area contributed by atoms with Crippen LogP contribution in [-0.4, -0.2) is 0 Å². The Morgan fingerprint density at radius 2 is 1.28 bits per heavy atom. The molecule has 0 amide bonds. The number of rotatable bonds is 14. The van der Waals surface area contributed by atoms with Crippen molar-refractivity contribution in [1.29, 1.82) is 5.26 Å². The molecule has 2 aromatic rings. The molecule has 1 nitrogen and oxygen atoms in total. The van der Waals surface area contributed by atoms with E-state index in [1.807, 2.05) is 6.07 Å². The van der Waals surface area contributed by atoms with Crippen LogP contribution in [0.4, 0.5) is 0 Å². The number of halogens is 1. The SMILES string of the molecule is CCCCCCCCC1(CCCCCCCC)c2ccccc2-c2ccc(C#N)c(Br)c21. The number of nitriles is 1. The molecule has 0 fully saturated rings. The molecule has 0 bridgehead atoms. The Morgan fingerprint density at radius 1 is 0.719 bits per heavy atom. The molecule has 2 heteroatoms. The Balaban J connectivity index is 1.91. The van der Waals surface area contributed by atoms with Crippen LogP contribution in [-0.2, 0) is 5.41 Å². The van der Waals surface area contributed by atoms with E-state index in [9.17, 15) is 5.26 Å². The first-order chi connectivity index (χ1) is 15.7. The van der Waals surface area contributed by atoms with Crippen LogP contribution < -0.4 is 0 Å². The van der Waals surface area contributed by atoms with E-state index in [-0.39, 0.29) is 5.41 Å². The minimum absolute atomic E-state index is 0.0349. The summed E-state index contributed by atoms with van der Waals surface area (Å²) in [6.07, 6.45) is 18.2. The number of fused-ring (bicyclic) bond motifs is 3. The molecule has 0 aliphatic heterocycles. The molecule has 1 aliphatic carbocycles. The van der Waals surface area contributed by atoms with Crippen molar-refractivity contribution in [3.63, 3.8) is 0 Å². The van der Waals surface area contributed by atoms with Crippen molar-refractivity contribution in [3.05, 3.63) is 57.6 Å². The van der Waals surface area contributed by atoms with Crippen LogP contribution in [0.2, 0.25) is 0 Å². The molecule has 0 saturated heterocycles. The number of nitrogens with zero attached hydrogens (tertiary/aromatic N) is 1. The fourth-order valence-corrected chi connectivity index (χ4v) is 6.50. The zero-order chi connectivity index (χ0) is 22.8. The van der Waals surface area contributed by atoms with Crippen molar-refractivity contribution in [1.82, 2.24) is 0 Å². The van der Waals surface area contributed by atoms with Crippen LogP contribution in [0.1, 0.15) is 120 Å². The first-order valence-electron chi connectivity index (χ1n) is 13.0. The van der Waals surface area contributed by atoms with Gasteiger partial charge in [-0.25, -0.2) is 0 Å². The fourth-order valence-electron chi connectivity index (χ4n) is 5.68. The molecular formula is C30H40BrN. The second kappa shape index (κ2) is 12.6. The monoisotopic (exact) mass is 493 g/mol. The van der Waals surface area contributed by atoms with Gasteiger partial charge in [0.25, 0.3) is 0 Å². The van der Waals surface area contributed by atoms with Gasteiger partial charge in [-0.15, -0.1) is 0 Å². The maximum absolute atomic E-state index is 9.75. The van der Waals surface area contributed by atoms with Gasteiger partial charge in [0.05, 0.1) is 5.56 Å². The molecule has 172 valence electrons. The minimum Gasteiger partial charge on any atom is -0.192 e. The molecule has 0 unspecified atom stereocenters. The van der Waals surface area contributed by atoms with E-state index in [1.54, 1.807) is 0 Å². The van der Waals surface area contributed by atoms with Gasteiger partial charge in [0.2, 0.25) is 0 Å². The second-order valence-corrected chi connectivity index (χ2v) is 10.4. The van der Waals surface area contributed by atoms with E-state index < -0.39 is 0 Å². The molecule has 32 heavy (non-hydrogen) atoms. The Kier molecular flexibility index (Phi) is 9.86. The topological polar surface area (TPSA) is 23.8 Å². The van der Waals surface area contributed by atoms with E-state index in [2.05, 4.69) is 66.2 Å². The third-order valence-corrected chi connectivity index (χ3v) is 8.21. The summed E-state index contributed by atoms with van der Waals surface area (Å²) >= 11 is 3.89. The van der Waals surface area contributed by atoms with Gasteiger partial charge in [0, 0.05) is 9.89 Å². The van der Waals surface area contributed by atoms with Gasteiger partial charge in [-0.1, -0.05) is 121 Å². The third kappa shape index (κ3) is 5.48. The standard InChI is InChI=1S/C30H40BrN/c1-3-5-7-9-11-15-21-30(22-16-12-10-8-6-4-2)27-18-14-13-17-25(27)26-20-19-24(23-32)29(31)28(26)30/h13-14,17-20H,3-12,15-16,21-22H2,1-2H3. The maximum atomic E-state index is 9.75. The van der Waals surface area contributed by atoms with Crippen LogP contribution in [0.25, 0.3) is 11.1 Å². The quantitative estimate of drug-likeness (QED) is 0.240. The molecule has 0 saturated carbocycles. The summed E-state index contributed by atoms with van der Waals surface area (Å²) < 4.78 is 1.03. The number of unbranched alkanes of at least 4 members (excludes halogenated alkanes) is 10. The molecule has 0 N–H and O–H groups in total. The predicted octanol–water partition coefficient (Wildman–Crippen LogP) is 10.1. The summed E-state index contributed by atoms with van der Waals surface area (Å²) in [6.45, 7) is 4.57. The van der Waals surface area contributed by atoms with Crippen molar-refractivity contribution in [3.8, 4) is 17.2 Å². The Labute approximate surface area is 204 Å². The van der Waals surface area contributed by atoms with Gasteiger partial charge < -0.3 is 0 Å². The summed E-state index contributed by atoms with van der Waals surface area (Å²) in [5, 5.41) is 9.75. The molecule has 2 aromatic carbocycles. The average Bonchev–Trinajstić information content (AvgIpc) is 3.10. The van der Waals surface area contributed by atoms with Crippen LogP contribution in [0.5, 0.6) is 0 Å². The molecule has 0 spiro atoms. The first kappa shape index (κ1) is 25.0. The largest absolute Gasteiger partial charge is 0.192 e. The summed E-state index contributed by atoms with van der Waals surface area (Å²) in [4.78, 5) is 0. The van der Waals surface area contributed by atoms with Crippen molar-refractivity contribution in [2.45, 2.75) is 109 Å². The highest BCUT2D eigenvalue weighted by molar-refractivity contribution is 9.10. The molecule has 0 radical (unpaired) electrons. The lowest BCUT2D eigenvalue weighted by molar-refractivity contribution is 0.396. The van der Waals surface area contributed by atoms with Gasteiger partial charge in [-0.05, 0) is 57.1 Å². The van der Waals surface area contributed by atoms with E-state index in [4.69, 9.17) is 0 Å². The Bertz CT molecular complexity index is 892. The summed E-state index contributed by atoms with van der Waals surface area (Å²) in [6, 6.07) is 15.6. The van der Waals surface area contributed by atoms with Crippen LogP contribution in [0, 0.1) is 11.3 Å². The van der Waals surface area contributed by atoms with E-state index >= 15 is 0 Å². The number of benzene rings is 2. The Hall–Kier alpha value is -1.59. The lowest BCUT2D eigenvalue weighted by atomic mass is 9.70. The van der Waals surface area contributed by atoms with Gasteiger partial charge in [-0.2, -0.15) is 5.26 Å². The van der Waals surface area contributed by atoms with Crippen molar-refractivity contribution >= 4 is 15.9 Å². The van der Waals surface area contributed by atoms with Crippen LogP contribution in [0.15, 0.2) is 40.9 Å². The van der Waals surface area contributed by atoms with Gasteiger partial charge in [0.15, 0.2) is 0 Å². The minimum atomic E-state index is 0.0349. The summed E-state index contributed by atoms with van der Waals surface area (Å²) in [5.41, 5.74) is 6.40. The zero-order valence-electron chi connectivity index (χ0n) is 20.2. The van der Waals surface area contributed by atoms with Crippen molar-refractivity contribution in [2.24, 2.45) is 0 Å². The Morgan fingerprint density at radius 3 is 1.88 bits per heavy atom. The summed E-state index contributed by atoms with van der Waals surface area (Å²) in [5.74, 6) is 0. The lowest BCUT2D eigenvalue weighted by Gasteiger charge is -2.33. The normalized spacial score (nSPS) is 13.6. The molecule has 3 rings (SSSR count). The summed E-state index contributed by atoms with van der Waals surface area (Å²) in [7, 11) is 0. The highest BCUT2D eigenvalue weighted by Crippen LogP contribution is 2.56.